The number of unbranched alkanes of at least 4 members (excludes halogenated alkanes) is 1. The van der Waals surface area contributed by atoms with Crippen LogP contribution in [-0.4, -0.2) is 39.3 Å². The largest absolute Gasteiger partial charge is 0.445 e. The Morgan fingerprint density at radius 1 is 1.02 bits per heavy atom. The molecule has 0 saturated heterocycles. The molecule has 0 spiro atoms. The number of carbonyl (C=O) groups is 1. The van der Waals surface area contributed by atoms with E-state index in [2.05, 4.69) is 46.2 Å². The predicted molar refractivity (Wildman–Crippen MR) is 167 cm³/mol. The van der Waals surface area contributed by atoms with Gasteiger partial charge in [0.05, 0.1) is 18.3 Å². The molecule has 9 heteroatoms. The van der Waals surface area contributed by atoms with Gasteiger partial charge < -0.3 is 24.7 Å². The number of halogens is 2. The topological polar surface area (TPSA) is 92.3 Å². The fourth-order valence-electron chi connectivity index (χ4n) is 5.47. The summed E-state index contributed by atoms with van der Waals surface area (Å²) in [6, 6.07) is 16.1. The molecule has 1 amide bonds. The van der Waals surface area contributed by atoms with Crippen molar-refractivity contribution in [3.8, 4) is 11.5 Å². The Balaban J connectivity index is 1.41. The van der Waals surface area contributed by atoms with Crippen molar-refractivity contribution < 1.29 is 23.1 Å². The van der Waals surface area contributed by atoms with Gasteiger partial charge in [-0.1, -0.05) is 44.5 Å². The van der Waals surface area contributed by atoms with Crippen LogP contribution in [0.2, 0.25) is 0 Å². The van der Waals surface area contributed by atoms with E-state index in [9.17, 15) is 18.7 Å². The summed E-state index contributed by atoms with van der Waals surface area (Å²) in [7, 11) is 0. The van der Waals surface area contributed by atoms with Crippen molar-refractivity contribution in [1.29, 1.82) is 0 Å². The minimum Gasteiger partial charge on any atom is -0.445 e. The normalized spacial score (nSPS) is 12.8. The van der Waals surface area contributed by atoms with Crippen LogP contribution >= 0.6 is 0 Å². The second-order valence-electron chi connectivity index (χ2n) is 11.1. The van der Waals surface area contributed by atoms with Crippen molar-refractivity contribution in [2.24, 2.45) is 0 Å². The van der Waals surface area contributed by atoms with Gasteiger partial charge in [-0.15, -0.1) is 0 Å². The lowest BCUT2D eigenvalue weighted by atomic mass is 9.99. The first-order chi connectivity index (χ1) is 21.3. The summed E-state index contributed by atoms with van der Waals surface area (Å²) in [5, 5.41) is 18.4. The van der Waals surface area contributed by atoms with Gasteiger partial charge in [-0.25, -0.2) is 13.8 Å². The molecule has 2 unspecified atom stereocenters. The Labute approximate surface area is 255 Å². The quantitative estimate of drug-likeness (QED) is 0.137. The maximum Gasteiger partial charge on any atom is 0.251 e. The predicted octanol–water partition coefficient (Wildman–Crippen LogP) is 6.43. The van der Waals surface area contributed by atoms with E-state index in [1.54, 1.807) is 12.3 Å². The van der Waals surface area contributed by atoms with Crippen LogP contribution in [0.4, 0.5) is 8.78 Å². The molecule has 0 aliphatic carbocycles. The Morgan fingerprint density at radius 2 is 1.82 bits per heavy atom. The Kier molecular flexibility index (Phi) is 10.2. The molecule has 0 saturated carbocycles. The number of amides is 1. The highest BCUT2D eigenvalue weighted by molar-refractivity contribution is 6.03. The van der Waals surface area contributed by atoms with Crippen LogP contribution in [-0.2, 0) is 25.9 Å². The third-order valence-corrected chi connectivity index (χ3v) is 7.81. The molecule has 0 radical (unpaired) electrons. The van der Waals surface area contributed by atoms with Crippen LogP contribution in [0, 0.1) is 11.6 Å². The number of oxazole rings is 1. The minimum atomic E-state index is -1.05. The third-order valence-electron chi connectivity index (χ3n) is 7.81. The SMILES string of the molecule is CCCCn1ccc2c(-c3ncco3)cc(C(=O)NC(Cc3cc(F)cc(F)c3)C(O)CNCc3cccc(CC)c3)cc21. The summed E-state index contributed by atoms with van der Waals surface area (Å²) < 4.78 is 35.8. The number of aliphatic hydroxyl groups excluding tert-OH is 1. The first-order valence-corrected chi connectivity index (χ1v) is 15.1. The highest BCUT2D eigenvalue weighted by Crippen LogP contribution is 2.31. The van der Waals surface area contributed by atoms with Crippen molar-refractivity contribution >= 4 is 16.8 Å². The van der Waals surface area contributed by atoms with Crippen molar-refractivity contribution in [3.63, 3.8) is 0 Å². The van der Waals surface area contributed by atoms with Crippen LogP contribution in [0.25, 0.3) is 22.4 Å². The zero-order valence-electron chi connectivity index (χ0n) is 25.0. The van der Waals surface area contributed by atoms with Gasteiger partial charge in [0.2, 0.25) is 5.89 Å². The third kappa shape index (κ3) is 7.59. The Hall–Kier alpha value is -4.34. The van der Waals surface area contributed by atoms with Crippen LogP contribution in [0.5, 0.6) is 0 Å². The van der Waals surface area contributed by atoms with Gasteiger partial charge in [0, 0.05) is 53.9 Å². The molecule has 3 aromatic carbocycles. The molecule has 7 nitrogen and oxygen atoms in total. The zero-order chi connectivity index (χ0) is 31.1. The van der Waals surface area contributed by atoms with Crippen LogP contribution in [0.3, 0.4) is 0 Å². The van der Waals surface area contributed by atoms with E-state index in [1.165, 1.54) is 24.0 Å². The highest BCUT2D eigenvalue weighted by Gasteiger charge is 2.24. The van der Waals surface area contributed by atoms with Crippen molar-refractivity contribution in [2.75, 3.05) is 6.54 Å². The first-order valence-electron chi connectivity index (χ1n) is 15.1. The average molecular weight is 601 g/mol. The zero-order valence-corrected chi connectivity index (χ0v) is 25.0. The van der Waals surface area contributed by atoms with Gasteiger partial charge in [-0.2, -0.15) is 0 Å². The second kappa shape index (κ2) is 14.4. The Morgan fingerprint density at radius 3 is 2.55 bits per heavy atom. The maximum atomic E-state index is 14.1. The number of benzene rings is 3. The van der Waals surface area contributed by atoms with E-state index in [0.717, 1.165) is 48.3 Å². The molecule has 0 fully saturated rings. The molecular weight excluding hydrogens is 562 g/mol. The first kappa shape index (κ1) is 31.1. The van der Waals surface area contributed by atoms with E-state index in [0.29, 0.717) is 29.1 Å². The summed E-state index contributed by atoms with van der Waals surface area (Å²) >= 11 is 0. The van der Waals surface area contributed by atoms with Gasteiger partial charge in [0.1, 0.15) is 17.9 Å². The molecule has 2 aromatic heterocycles. The van der Waals surface area contributed by atoms with Crippen molar-refractivity contribution in [2.45, 2.75) is 64.8 Å². The van der Waals surface area contributed by atoms with Gasteiger partial charge in [-0.05, 0) is 66.3 Å². The van der Waals surface area contributed by atoms with Gasteiger partial charge >= 0.3 is 0 Å². The van der Waals surface area contributed by atoms with Crippen LogP contribution in [0.1, 0.15) is 53.7 Å². The number of aromatic nitrogens is 2. The number of hydrogen-bond donors (Lipinski definition) is 3. The summed E-state index contributed by atoms with van der Waals surface area (Å²) in [5.74, 6) is -1.48. The standard InChI is InChI=1S/C35H38F2N4O3/c1-3-5-11-41-12-9-29-30(35-39-10-13-44-35)18-26(19-32(29)41)34(43)40-31(17-25-15-27(36)20-28(37)16-25)33(42)22-38-21-24-8-6-7-23(4-2)14-24/h6-10,12-16,18-20,31,33,38,42H,3-5,11,17,21-22H2,1-2H3,(H,40,43). The van der Waals surface area contributed by atoms with Crippen LogP contribution in [0.15, 0.2) is 83.7 Å². The van der Waals surface area contributed by atoms with E-state index in [1.807, 2.05) is 30.5 Å². The molecule has 3 N–H and O–H groups in total. The molecule has 44 heavy (non-hydrogen) atoms. The Bertz CT molecular complexity index is 1680. The number of rotatable bonds is 14. The number of nitrogens with zero attached hydrogens (tertiary/aromatic N) is 2. The summed E-state index contributed by atoms with van der Waals surface area (Å²) in [4.78, 5) is 18.1. The number of hydrogen-bond acceptors (Lipinski definition) is 5. The molecular formula is C35H38F2N4O3. The van der Waals surface area contributed by atoms with Crippen molar-refractivity contribution in [3.05, 3.63) is 113 Å². The molecule has 230 valence electrons. The molecule has 5 rings (SSSR count). The van der Waals surface area contributed by atoms with E-state index in [4.69, 9.17) is 4.42 Å². The highest BCUT2D eigenvalue weighted by atomic mass is 19.1. The lowest BCUT2D eigenvalue weighted by Gasteiger charge is -2.25. The van der Waals surface area contributed by atoms with E-state index in [-0.39, 0.29) is 13.0 Å². The molecule has 0 bridgehead atoms. The van der Waals surface area contributed by atoms with Crippen molar-refractivity contribution in [1.82, 2.24) is 20.2 Å². The summed E-state index contributed by atoms with van der Waals surface area (Å²) in [6.07, 6.45) is 6.91. The van der Waals surface area contributed by atoms with E-state index < -0.39 is 29.7 Å². The average Bonchev–Trinajstić information content (AvgIpc) is 3.69. The lowest BCUT2D eigenvalue weighted by molar-refractivity contribution is 0.0830. The second-order valence-corrected chi connectivity index (χ2v) is 11.1. The summed E-state index contributed by atoms with van der Waals surface area (Å²) in [5.41, 5.74) is 4.50. The lowest BCUT2D eigenvalue weighted by Crippen LogP contribution is -2.48. The molecule has 2 heterocycles. The number of carbonyl (C=O) groups excluding carboxylic acids is 1. The number of aryl methyl sites for hydroxylation is 2. The number of fused-ring (bicyclic) bond motifs is 1. The number of aliphatic hydroxyl groups is 1. The van der Waals surface area contributed by atoms with Crippen LogP contribution < -0.4 is 10.6 Å². The fraction of sp³-hybridized carbons (Fsp3) is 0.314. The maximum absolute atomic E-state index is 14.1. The smallest absolute Gasteiger partial charge is 0.251 e. The molecule has 2 atom stereocenters. The molecule has 5 aromatic rings. The fourth-order valence-corrected chi connectivity index (χ4v) is 5.47. The molecule has 0 aliphatic rings. The minimum absolute atomic E-state index is 0.0241. The van der Waals surface area contributed by atoms with Gasteiger partial charge in [-0.3, -0.25) is 4.79 Å². The number of nitrogens with one attached hydrogen (secondary N) is 2. The van der Waals surface area contributed by atoms with Gasteiger partial charge in [0.15, 0.2) is 0 Å². The molecule has 0 aliphatic heterocycles. The summed E-state index contributed by atoms with van der Waals surface area (Å²) in [6.45, 7) is 5.67. The van der Waals surface area contributed by atoms with Gasteiger partial charge in [0.25, 0.3) is 5.91 Å². The van der Waals surface area contributed by atoms with E-state index >= 15 is 0 Å². The monoisotopic (exact) mass is 600 g/mol.